The molecule has 0 bridgehead atoms. The molecule has 0 radical (unpaired) electrons. The topological polar surface area (TPSA) is 64.4 Å². The zero-order chi connectivity index (χ0) is 14.7. The van der Waals surface area contributed by atoms with Crippen molar-refractivity contribution >= 4 is 28.8 Å². The van der Waals surface area contributed by atoms with Crippen molar-refractivity contribution in [2.45, 2.75) is 37.1 Å². The molecule has 1 aliphatic carbocycles. The molecule has 2 aromatic rings. The van der Waals surface area contributed by atoms with E-state index in [1.807, 2.05) is 31.2 Å². The number of ether oxygens (including phenoxy) is 1. The minimum atomic E-state index is -0.308. The summed E-state index contributed by atoms with van der Waals surface area (Å²) in [5.41, 5.74) is 1.60. The summed E-state index contributed by atoms with van der Waals surface area (Å²) >= 11 is 1.44. The van der Waals surface area contributed by atoms with E-state index < -0.39 is 0 Å². The molecule has 1 aliphatic rings. The number of nitrogens with zero attached hydrogens (tertiary/aromatic N) is 1. The van der Waals surface area contributed by atoms with E-state index in [2.05, 4.69) is 10.3 Å². The van der Waals surface area contributed by atoms with Crippen molar-refractivity contribution in [3.05, 3.63) is 24.3 Å². The van der Waals surface area contributed by atoms with Crippen LogP contribution in [0.5, 0.6) is 0 Å². The molecule has 3 rings (SSSR count). The van der Waals surface area contributed by atoms with Gasteiger partial charge >= 0.3 is 5.97 Å². The molecular weight excluding hydrogens is 288 g/mol. The first-order valence-corrected chi connectivity index (χ1v) is 8.16. The number of benzene rings is 1. The number of oxazole rings is 1. The second-order valence-electron chi connectivity index (χ2n) is 5.00. The van der Waals surface area contributed by atoms with Crippen LogP contribution in [0.3, 0.4) is 0 Å². The molecular formula is C15H18N2O3S. The Morgan fingerprint density at radius 3 is 3.05 bits per heavy atom. The number of carbonyl (C=O) groups is 1. The zero-order valence-corrected chi connectivity index (χ0v) is 12.7. The normalized spacial score (nSPS) is 16.0. The van der Waals surface area contributed by atoms with Gasteiger partial charge in [-0.2, -0.15) is 0 Å². The van der Waals surface area contributed by atoms with Gasteiger partial charge in [0.1, 0.15) is 11.6 Å². The molecule has 1 saturated carbocycles. The molecule has 1 fully saturated rings. The number of hydrogen-bond acceptors (Lipinski definition) is 6. The first kappa shape index (κ1) is 14.4. The van der Waals surface area contributed by atoms with Crippen LogP contribution in [0.1, 0.15) is 19.8 Å². The van der Waals surface area contributed by atoms with Gasteiger partial charge in [0.05, 0.1) is 6.61 Å². The van der Waals surface area contributed by atoms with Gasteiger partial charge in [-0.05, 0) is 31.9 Å². The average molecular weight is 306 g/mol. The maximum absolute atomic E-state index is 12.0. The molecule has 1 unspecified atom stereocenters. The van der Waals surface area contributed by atoms with Gasteiger partial charge in [0.15, 0.2) is 5.58 Å². The summed E-state index contributed by atoms with van der Waals surface area (Å²) in [5, 5.41) is 3.90. The second kappa shape index (κ2) is 6.49. The lowest BCUT2D eigenvalue weighted by Crippen LogP contribution is -2.41. The fourth-order valence-corrected chi connectivity index (χ4v) is 2.88. The van der Waals surface area contributed by atoms with Crippen molar-refractivity contribution in [1.82, 2.24) is 10.3 Å². The van der Waals surface area contributed by atoms with E-state index in [0.717, 1.165) is 23.9 Å². The Morgan fingerprint density at radius 2 is 2.33 bits per heavy atom. The Bertz CT molecular complexity index is 591. The highest BCUT2D eigenvalue weighted by Gasteiger charge is 2.29. The fourth-order valence-electron chi connectivity index (χ4n) is 2.03. The van der Waals surface area contributed by atoms with Crippen molar-refractivity contribution in [2.75, 3.05) is 12.4 Å². The van der Waals surface area contributed by atoms with E-state index in [4.69, 9.17) is 9.15 Å². The average Bonchev–Trinajstić information content (AvgIpc) is 3.20. The number of aromatic nitrogens is 1. The summed E-state index contributed by atoms with van der Waals surface area (Å²) in [6.45, 7) is 2.22. The number of thioether (sulfide) groups is 1. The lowest BCUT2D eigenvalue weighted by atomic mass is 10.3. The number of hydrogen-bond donors (Lipinski definition) is 1. The van der Waals surface area contributed by atoms with Crippen LogP contribution in [0.2, 0.25) is 0 Å². The largest absolute Gasteiger partial charge is 0.465 e. The monoisotopic (exact) mass is 306 g/mol. The Labute approximate surface area is 127 Å². The number of fused-ring (bicyclic) bond motifs is 1. The summed E-state index contributed by atoms with van der Waals surface area (Å²) in [7, 11) is 0. The van der Waals surface area contributed by atoms with Gasteiger partial charge in [0.25, 0.3) is 5.22 Å². The Hall–Kier alpha value is -1.53. The van der Waals surface area contributed by atoms with Crippen LogP contribution >= 0.6 is 11.8 Å². The Kier molecular flexibility index (Phi) is 4.45. The van der Waals surface area contributed by atoms with Gasteiger partial charge < -0.3 is 14.5 Å². The summed E-state index contributed by atoms with van der Waals surface area (Å²) in [6, 6.07) is 7.78. The van der Waals surface area contributed by atoms with Gasteiger partial charge in [-0.3, -0.25) is 4.79 Å². The maximum atomic E-state index is 12.0. The molecule has 1 aromatic carbocycles. The molecule has 0 aliphatic heterocycles. The van der Waals surface area contributed by atoms with Gasteiger partial charge in [0, 0.05) is 11.8 Å². The first-order chi connectivity index (χ1) is 10.3. The number of para-hydroxylation sites is 2. The van der Waals surface area contributed by atoms with Crippen molar-refractivity contribution < 1.29 is 13.9 Å². The fraction of sp³-hybridized carbons (Fsp3) is 0.467. The molecule has 0 spiro atoms. The maximum Gasteiger partial charge on any atom is 0.324 e. The van der Waals surface area contributed by atoms with E-state index in [1.165, 1.54) is 11.8 Å². The van der Waals surface area contributed by atoms with E-state index >= 15 is 0 Å². The highest BCUT2D eigenvalue weighted by atomic mass is 32.2. The number of rotatable bonds is 7. The molecule has 1 heterocycles. The highest BCUT2D eigenvalue weighted by Crippen LogP contribution is 2.25. The van der Waals surface area contributed by atoms with Crippen LogP contribution in [0, 0.1) is 0 Å². The number of nitrogens with one attached hydrogen (secondary N) is 1. The van der Waals surface area contributed by atoms with Crippen molar-refractivity contribution in [3.8, 4) is 0 Å². The summed E-state index contributed by atoms with van der Waals surface area (Å²) in [6.07, 6.45) is 2.26. The molecule has 0 amide bonds. The Balaban J connectivity index is 1.63. The summed E-state index contributed by atoms with van der Waals surface area (Å²) in [4.78, 5) is 16.4. The first-order valence-electron chi connectivity index (χ1n) is 7.17. The molecule has 0 saturated heterocycles. The van der Waals surface area contributed by atoms with Gasteiger partial charge in [-0.1, -0.05) is 23.9 Å². The number of esters is 1. The molecule has 1 atom stereocenters. The van der Waals surface area contributed by atoms with Crippen LogP contribution in [0.4, 0.5) is 0 Å². The predicted molar refractivity (Wildman–Crippen MR) is 81.3 cm³/mol. The van der Waals surface area contributed by atoms with Crippen molar-refractivity contribution in [2.24, 2.45) is 0 Å². The van der Waals surface area contributed by atoms with Gasteiger partial charge in [0.2, 0.25) is 0 Å². The summed E-state index contributed by atoms with van der Waals surface area (Å²) < 4.78 is 10.8. The highest BCUT2D eigenvalue weighted by molar-refractivity contribution is 7.99. The summed E-state index contributed by atoms with van der Waals surface area (Å²) in [5.74, 6) is 0.357. The second-order valence-corrected chi connectivity index (χ2v) is 5.98. The third kappa shape index (κ3) is 3.77. The predicted octanol–water partition coefficient (Wildman–Crippen LogP) is 2.60. The molecule has 5 nitrogen and oxygen atoms in total. The smallest absolute Gasteiger partial charge is 0.324 e. The third-order valence-corrected chi connectivity index (χ3v) is 4.15. The third-order valence-electron chi connectivity index (χ3n) is 3.23. The van der Waals surface area contributed by atoms with E-state index in [-0.39, 0.29) is 12.0 Å². The minimum Gasteiger partial charge on any atom is -0.465 e. The quantitative estimate of drug-likeness (QED) is 0.626. The SMILES string of the molecule is CCOC(=O)C(CSc1nc2ccccc2o1)NC1CC1. The van der Waals surface area contributed by atoms with Crippen LogP contribution in [0.15, 0.2) is 33.9 Å². The lowest BCUT2D eigenvalue weighted by molar-refractivity contribution is -0.145. The molecule has 21 heavy (non-hydrogen) atoms. The molecule has 1 aromatic heterocycles. The minimum absolute atomic E-state index is 0.201. The van der Waals surface area contributed by atoms with Gasteiger partial charge in [-0.15, -0.1) is 0 Å². The zero-order valence-electron chi connectivity index (χ0n) is 11.9. The molecule has 1 N–H and O–H groups in total. The van der Waals surface area contributed by atoms with Gasteiger partial charge in [-0.25, -0.2) is 4.98 Å². The van der Waals surface area contributed by atoms with Crippen LogP contribution in [-0.4, -0.2) is 35.4 Å². The Morgan fingerprint density at radius 1 is 1.52 bits per heavy atom. The van der Waals surface area contributed by atoms with Crippen molar-refractivity contribution in [1.29, 1.82) is 0 Å². The lowest BCUT2D eigenvalue weighted by Gasteiger charge is -2.15. The van der Waals surface area contributed by atoms with Crippen LogP contribution < -0.4 is 5.32 Å². The standard InChI is InChI=1S/C15H18N2O3S/c1-2-19-14(18)12(16-10-7-8-10)9-21-15-17-11-5-3-4-6-13(11)20-15/h3-6,10,12,16H,2,7-9H2,1H3. The van der Waals surface area contributed by atoms with E-state index in [9.17, 15) is 4.79 Å². The number of carbonyl (C=O) groups excluding carboxylic acids is 1. The van der Waals surface area contributed by atoms with Crippen LogP contribution in [-0.2, 0) is 9.53 Å². The molecule has 6 heteroatoms. The molecule has 112 valence electrons. The van der Waals surface area contributed by atoms with Crippen LogP contribution in [0.25, 0.3) is 11.1 Å². The van der Waals surface area contributed by atoms with E-state index in [1.54, 1.807) is 0 Å². The van der Waals surface area contributed by atoms with E-state index in [0.29, 0.717) is 23.6 Å². The van der Waals surface area contributed by atoms with Crippen molar-refractivity contribution in [3.63, 3.8) is 0 Å².